The molecule has 0 aliphatic carbocycles. The molecule has 2 rings (SSSR count). The SMILES string of the molecule is Cc1cc(F)c(NCc2cc(C)n(C)c2C)cc1F. The largest absolute Gasteiger partial charge is 0.378 e. The first kappa shape index (κ1) is 13.6. The number of halogens is 2. The van der Waals surface area contributed by atoms with Gasteiger partial charge in [-0.2, -0.15) is 0 Å². The monoisotopic (exact) mass is 264 g/mol. The third-order valence-electron chi connectivity index (χ3n) is 3.60. The van der Waals surface area contributed by atoms with Crippen LogP contribution in [0.4, 0.5) is 14.5 Å². The molecule has 0 saturated carbocycles. The van der Waals surface area contributed by atoms with E-state index in [9.17, 15) is 8.78 Å². The third kappa shape index (κ3) is 2.62. The minimum absolute atomic E-state index is 0.198. The molecule has 2 nitrogen and oxygen atoms in total. The molecule has 0 aliphatic heterocycles. The first-order valence-electron chi connectivity index (χ1n) is 6.21. The van der Waals surface area contributed by atoms with E-state index in [-0.39, 0.29) is 5.69 Å². The highest BCUT2D eigenvalue weighted by atomic mass is 19.1. The van der Waals surface area contributed by atoms with Crippen LogP contribution in [0.25, 0.3) is 0 Å². The summed E-state index contributed by atoms with van der Waals surface area (Å²) in [5.41, 5.74) is 3.86. The maximum atomic E-state index is 13.7. The summed E-state index contributed by atoms with van der Waals surface area (Å²) in [5, 5.41) is 2.95. The first-order valence-corrected chi connectivity index (χ1v) is 6.21. The topological polar surface area (TPSA) is 17.0 Å². The van der Waals surface area contributed by atoms with E-state index in [4.69, 9.17) is 0 Å². The second-order valence-electron chi connectivity index (χ2n) is 4.89. The average Bonchev–Trinajstić information content (AvgIpc) is 2.60. The number of nitrogens with one attached hydrogen (secondary N) is 1. The van der Waals surface area contributed by atoms with E-state index in [1.165, 1.54) is 12.1 Å². The van der Waals surface area contributed by atoms with Gasteiger partial charge in [-0.1, -0.05) is 0 Å². The summed E-state index contributed by atoms with van der Waals surface area (Å²) in [6.45, 7) is 6.05. The summed E-state index contributed by atoms with van der Waals surface area (Å²) < 4.78 is 29.2. The molecule has 0 unspecified atom stereocenters. The molecule has 1 N–H and O–H groups in total. The molecule has 1 aromatic carbocycles. The van der Waals surface area contributed by atoms with Gasteiger partial charge in [0.05, 0.1) is 5.69 Å². The van der Waals surface area contributed by atoms with E-state index in [0.29, 0.717) is 12.1 Å². The molecule has 1 aromatic heterocycles. The van der Waals surface area contributed by atoms with Gasteiger partial charge in [-0.15, -0.1) is 0 Å². The molecule has 1 heterocycles. The van der Waals surface area contributed by atoms with Crippen LogP contribution in [-0.2, 0) is 13.6 Å². The summed E-state index contributed by atoms with van der Waals surface area (Å²) in [6, 6.07) is 4.46. The van der Waals surface area contributed by atoms with Gasteiger partial charge in [0.2, 0.25) is 0 Å². The van der Waals surface area contributed by atoms with Gasteiger partial charge in [0.25, 0.3) is 0 Å². The van der Waals surface area contributed by atoms with Gasteiger partial charge < -0.3 is 9.88 Å². The Balaban J connectivity index is 2.19. The second-order valence-corrected chi connectivity index (χ2v) is 4.89. The Labute approximate surface area is 112 Å². The fourth-order valence-electron chi connectivity index (χ4n) is 2.08. The van der Waals surface area contributed by atoms with Gasteiger partial charge in [-0.3, -0.25) is 0 Å². The normalized spacial score (nSPS) is 10.8. The van der Waals surface area contributed by atoms with Crippen LogP contribution in [0.2, 0.25) is 0 Å². The van der Waals surface area contributed by atoms with Crippen LogP contribution in [-0.4, -0.2) is 4.57 Å². The van der Waals surface area contributed by atoms with Crippen LogP contribution < -0.4 is 5.32 Å². The summed E-state index contributed by atoms with van der Waals surface area (Å²) in [5.74, 6) is -0.825. The Hall–Kier alpha value is -1.84. The van der Waals surface area contributed by atoms with Gasteiger partial charge in [-0.25, -0.2) is 8.78 Å². The number of hydrogen-bond acceptors (Lipinski definition) is 1. The van der Waals surface area contributed by atoms with Gasteiger partial charge in [0, 0.05) is 31.0 Å². The Kier molecular flexibility index (Phi) is 3.60. The molecule has 0 amide bonds. The number of hydrogen-bond donors (Lipinski definition) is 1. The summed E-state index contributed by atoms with van der Waals surface area (Å²) in [6.07, 6.45) is 0. The van der Waals surface area contributed by atoms with Gasteiger partial charge >= 0.3 is 0 Å². The highest BCUT2D eigenvalue weighted by Crippen LogP contribution is 2.21. The Morgan fingerprint density at radius 3 is 2.32 bits per heavy atom. The number of anilines is 1. The quantitative estimate of drug-likeness (QED) is 0.891. The summed E-state index contributed by atoms with van der Waals surface area (Å²) >= 11 is 0. The lowest BCUT2D eigenvalue weighted by Gasteiger charge is -2.09. The average molecular weight is 264 g/mol. The zero-order valence-electron chi connectivity index (χ0n) is 11.6. The summed E-state index contributed by atoms with van der Waals surface area (Å²) in [7, 11) is 1.99. The van der Waals surface area contributed by atoms with E-state index >= 15 is 0 Å². The molecule has 4 heteroatoms. The molecule has 0 atom stereocenters. The lowest BCUT2D eigenvalue weighted by molar-refractivity contribution is 0.594. The molecule has 0 aliphatic rings. The molecule has 19 heavy (non-hydrogen) atoms. The van der Waals surface area contributed by atoms with E-state index in [1.807, 2.05) is 27.0 Å². The van der Waals surface area contributed by atoms with Crippen molar-refractivity contribution in [2.24, 2.45) is 7.05 Å². The molecule has 0 saturated heterocycles. The van der Waals surface area contributed by atoms with Gasteiger partial charge in [0.1, 0.15) is 11.6 Å². The van der Waals surface area contributed by atoms with E-state index < -0.39 is 11.6 Å². The standard InChI is InChI=1S/C15H18F2N2/c1-9-5-14(17)15(7-13(9)16)18-8-12-6-10(2)19(4)11(12)3/h5-7,18H,8H2,1-4H3. The van der Waals surface area contributed by atoms with Crippen molar-refractivity contribution in [1.82, 2.24) is 4.57 Å². The van der Waals surface area contributed by atoms with Crippen molar-refractivity contribution in [2.75, 3.05) is 5.32 Å². The minimum Gasteiger partial charge on any atom is -0.378 e. The van der Waals surface area contributed by atoms with Crippen LogP contribution in [0.5, 0.6) is 0 Å². The van der Waals surface area contributed by atoms with Gasteiger partial charge in [-0.05, 0) is 44.0 Å². The van der Waals surface area contributed by atoms with Crippen LogP contribution in [0, 0.1) is 32.4 Å². The predicted octanol–water partition coefficient (Wildman–Crippen LogP) is 3.84. The zero-order valence-corrected chi connectivity index (χ0v) is 11.6. The Bertz CT molecular complexity index is 615. The third-order valence-corrected chi connectivity index (χ3v) is 3.60. The van der Waals surface area contributed by atoms with E-state index in [2.05, 4.69) is 9.88 Å². The number of rotatable bonds is 3. The zero-order chi connectivity index (χ0) is 14.2. The minimum atomic E-state index is -0.427. The van der Waals surface area contributed by atoms with Crippen LogP contribution in [0.1, 0.15) is 22.5 Å². The number of nitrogens with zero attached hydrogens (tertiary/aromatic N) is 1. The molecule has 0 bridgehead atoms. The molecule has 0 spiro atoms. The molecular weight excluding hydrogens is 246 g/mol. The maximum Gasteiger partial charge on any atom is 0.146 e. The Morgan fingerprint density at radius 1 is 1.05 bits per heavy atom. The Morgan fingerprint density at radius 2 is 1.74 bits per heavy atom. The smallest absolute Gasteiger partial charge is 0.146 e. The molecule has 102 valence electrons. The second kappa shape index (κ2) is 5.03. The predicted molar refractivity (Wildman–Crippen MR) is 73.3 cm³/mol. The van der Waals surface area contributed by atoms with Crippen molar-refractivity contribution in [3.63, 3.8) is 0 Å². The van der Waals surface area contributed by atoms with Crippen molar-refractivity contribution in [1.29, 1.82) is 0 Å². The lowest BCUT2D eigenvalue weighted by atomic mass is 10.2. The molecular formula is C15H18F2N2. The fourth-order valence-corrected chi connectivity index (χ4v) is 2.08. The number of aromatic nitrogens is 1. The number of aryl methyl sites for hydroxylation is 2. The van der Waals surface area contributed by atoms with Crippen LogP contribution >= 0.6 is 0 Å². The van der Waals surface area contributed by atoms with Crippen molar-refractivity contribution < 1.29 is 8.78 Å². The van der Waals surface area contributed by atoms with Crippen LogP contribution in [0.3, 0.4) is 0 Å². The van der Waals surface area contributed by atoms with E-state index in [0.717, 1.165) is 17.0 Å². The molecule has 0 radical (unpaired) electrons. The molecule has 0 fully saturated rings. The van der Waals surface area contributed by atoms with Crippen LogP contribution in [0.15, 0.2) is 18.2 Å². The highest BCUT2D eigenvalue weighted by Gasteiger charge is 2.09. The lowest BCUT2D eigenvalue weighted by Crippen LogP contribution is -2.04. The summed E-state index contributed by atoms with van der Waals surface area (Å²) in [4.78, 5) is 0. The van der Waals surface area contributed by atoms with Crippen molar-refractivity contribution >= 4 is 5.69 Å². The fraction of sp³-hybridized carbons (Fsp3) is 0.333. The van der Waals surface area contributed by atoms with Gasteiger partial charge in [0.15, 0.2) is 0 Å². The van der Waals surface area contributed by atoms with Crippen molar-refractivity contribution in [3.8, 4) is 0 Å². The number of benzene rings is 1. The van der Waals surface area contributed by atoms with Crippen molar-refractivity contribution in [3.05, 3.63) is 52.3 Å². The van der Waals surface area contributed by atoms with E-state index in [1.54, 1.807) is 6.92 Å². The van der Waals surface area contributed by atoms with Crippen molar-refractivity contribution in [2.45, 2.75) is 27.3 Å². The maximum absolute atomic E-state index is 13.7. The first-order chi connectivity index (χ1) is 8.90. The molecule has 2 aromatic rings. The highest BCUT2D eigenvalue weighted by molar-refractivity contribution is 5.47.